The number of thioether (sulfide) groups is 1. The molecule has 0 unspecified atom stereocenters. The first-order chi connectivity index (χ1) is 14.7. The Kier molecular flexibility index (Phi) is 6.71. The maximum atomic E-state index is 12.6. The molecule has 1 heterocycles. The molecular weight excluding hydrogens is 442 g/mol. The summed E-state index contributed by atoms with van der Waals surface area (Å²) in [4.78, 5) is 22.6. The van der Waals surface area contributed by atoms with Crippen LogP contribution in [-0.2, 0) is 27.4 Å². The molecule has 0 aliphatic rings. The number of nitro groups is 1. The van der Waals surface area contributed by atoms with Crippen molar-refractivity contribution in [3.63, 3.8) is 0 Å². The van der Waals surface area contributed by atoms with Crippen LogP contribution in [-0.4, -0.2) is 39.8 Å². The van der Waals surface area contributed by atoms with Crippen LogP contribution in [0.15, 0.2) is 58.6 Å². The molecule has 0 spiro atoms. The Bertz CT molecular complexity index is 1220. The maximum Gasteiger partial charge on any atom is 0.271 e. The summed E-state index contributed by atoms with van der Waals surface area (Å²) in [5, 5.41) is 21.7. The van der Waals surface area contributed by atoms with Gasteiger partial charge in [0.15, 0.2) is 15.0 Å². The van der Waals surface area contributed by atoms with Crippen molar-refractivity contribution in [1.82, 2.24) is 14.8 Å². The number of sulfone groups is 1. The summed E-state index contributed by atoms with van der Waals surface area (Å²) >= 11 is 1.08. The van der Waals surface area contributed by atoms with Gasteiger partial charge in [-0.3, -0.25) is 14.9 Å². The SMILES string of the molecule is Cc1ccc(S(=O)(=O)Cc2nnc(SCC(=O)Nc3cccc([N+](=O)[O-])c3)n2C)cc1. The lowest BCUT2D eigenvalue weighted by molar-refractivity contribution is -0.384. The van der Waals surface area contributed by atoms with Gasteiger partial charge in [-0.05, 0) is 25.1 Å². The predicted molar refractivity (Wildman–Crippen MR) is 116 cm³/mol. The van der Waals surface area contributed by atoms with Gasteiger partial charge in [0.1, 0.15) is 11.6 Å². The van der Waals surface area contributed by atoms with Gasteiger partial charge < -0.3 is 9.88 Å². The number of aryl methyl sites for hydroxylation is 1. The summed E-state index contributed by atoms with van der Waals surface area (Å²) in [5.41, 5.74) is 1.14. The zero-order valence-electron chi connectivity index (χ0n) is 16.7. The van der Waals surface area contributed by atoms with Crippen molar-refractivity contribution in [1.29, 1.82) is 0 Å². The number of hydrogen-bond acceptors (Lipinski definition) is 8. The topological polar surface area (TPSA) is 137 Å². The maximum absolute atomic E-state index is 12.6. The molecule has 0 fully saturated rings. The molecule has 3 rings (SSSR count). The molecule has 1 aromatic heterocycles. The lowest BCUT2D eigenvalue weighted by atomic mass is 10.2. The Morgan fingerprint density at radius 2 is 1.90 bits per heavy atom. The fourth-order valence-corrected chi connectivity index (χ4v) is 4.66. The highest BCUT2D eigenvalue weighted by Gasteiger charge is 2.20. The highest BCUT2D eigenvalue weighted by atomic mass is 32.2. The average Bonchev–Trinajstić information content (AvgIpc) is 3.06. The van der Waals surface area contributed by atoms with Gasteiger partial charge in [0.05, 0.1) is 15.6 Å². The smallest absolute Gasteiger partial charge is 0.271 e. The van der Waals surface area contributed by atoms with Crippen molar-refractivity contribution in [3.05, 3.63) is 70.0 Å². The summed E-state index contributed by atoms with van der Waals surface area (Å²) in [6, 6.07) is 12.2. The molecule has 0 bridgehead atoms. The fourth-order valence-electron chi connectivity index (χ4n) is 2.62. The summed E-state index contributed by atoms with van der Waals surface area (Å²) in [7, 11) is -1.96. The van der Waals surface area contributed by atoms with Crippen LogP contribution in [0.2, 0.25) is 0 Å². The number of benzene rings is 2. The minimum absolute atomic E-state index is 0.0284. The third kappa shape index (κ3) is 5.67. The second-order valence-corrected chi connectivity index (χ2v) is 9.61. The standard InChI is InChI=1S/C19H19N5O5S2/c1-13-6-8-16(9-7-13)31(28,29)12-17-21-22-19(23(17)2)30-11-18(25)20-14-4-3-5-15(10-14)24(26)27/h3-10H,11-12H2,1-2H3,(H,20,25). The van der Waals surface area contributed by atoms with Gasteiger partial charge >= 0.3 is 0 Å². The van der Waals surface area contributed by atoms with Crippen LogP contribution in [0, 0.1) is 17.0 Å². The Morgan fingerprint density at radius 3 is 2.58 bits per heavy atom. The van der Waals surface area contributed by atoms with Crippen molar-refractivity contribution in [2.75, 3.05) is 11.1 Å². The molecule has 0 saturated heterocycles. The van der Waals surface area contributed by atoms with Gasteiger partial charge in [0.25, 0.3) is 5.69 Å². The first-order valence-electron chi connectivity index (χ1n) is 9.00. The molecule has 0 saturated carbocycles. The van der Waals surface area contributed by atoms with E-state index in [1.54, 1.807) is 37.4 Å². The Hall–Kier alpha value is -3.25. The van der Waals surface area contributed by atoms with Crippen molar-refractivity contribution in [2.45, 2.75) is 22.7 Å². The van der Waals surface area contributed by atoms with Gasteiger partial charge in [-0.25, -0.2) is 8.42 Å². The van der Waals surface area contributed by atoms with E-state index < -0.39 is 14.8 Å². The molecule has 1 amide bonds. The van der Waals surface area contributed by atoms with E-state index in [-0.39, 0.29) is 33.8 Å². The number of hydrogen-bond donors (Lipinski definition) is 1. The van der Waals surface area contributed by atoms with E-state index in [4.69, 9.17) is 0 Å². The number of rotatable bonds is 8. The Morgan fingerprint density at radius 1 is 1.19 bits per heavy atom. The number of nitrogens with one attached hydrogen (secondary N) is 1. The fraction of sp³-hybridized carbons (Fsp3) is 0.211. The third-order valence-electron chi connectivity index (χ3n) is 4.30. The van der Waals surface area contributed by atoms with Crippen molar-refractivity contribution in [3.8, 4) is 0 Å². The molecule has 31 heavy (non-hydrogen) atoms. The minimum atomic E-state index is -3.59. The summed E-state index contributed by atoms with van der Waals surface area (Å²) < 4.78 is 26.8. The van der Waals surface area contributed by atoms with Crippen LogP contribution >= 0.6 is 11.8 Å². The molecule has 0 aliphatic heterocycles. The second kappa shape index (κ2) is 9.27. The molecule has 1 N–H and O–H groups in total. The molecule has 3 aromatic rings. The first kappa shape index (κ1) is 22.4. The first-order valence-corrected chi connectivity index (χ1v) is 11.6. The molecule has 10 nitrogen and oxygen atoms in total. The summed E-state index contributed by atoms with van der Waals surface area (Å²) in [6.07, 6.45) is 0. The number of carbonyl (C=O) groups is 1. The number of non-ortho nitro benzene ring substituents is 1. The predicted octanol–water partition coefficient (Wildman–Crippen LogP) is 2.74. The van der Waals surface area contributed by atoms with Crippen LogP contribution in [0.3, 0.4) is 0 Å². The Balaban J connectivity index is 1.62. The molecule has 0 aliphatic carbocycles. The van der Waals surface area contributed by atoms with Gasteiger partial charge in [-0.2, -0.15) is 0 Å². The number of nitrogens with zero attached hydrogens (tertiary/aromatic N) is 4. The highest BCUT2D eigenvalue weighted by molar-refractivity contribution is 7.99. The van der Waals surface area contributed by atoms with Crippen molar-refractivity contribution in [2.24, 2.45) is 7.05 Å². The zero-order chi connectivity index (χ0) is 22.6. The summed E-state index contributed by atoms with van der Waals surface area (Å²) in [6.45, 7) is 1.87. The normalized spacial score (nSPS) is 11.3. The second-order valence-electron chi connectivity index (χ2n) is 6.67. The lowest BCUT2D eigenvalue weighted by Gasteiger charge is -2.07. The molecule has 12 heteroatoms. The largest absolute Gasteiger partial charge is 0.325 e. The van der Waals surface area contributed by atoms with Gasteiger partial charge in [0, 0.05) is 24.9 Å². The van der Waals surface area contributed by atoms with E-state index in [2.05, 4.69) is 15.5 Å². The Labute approximate surface area is 182 Å². The van der Waals surface area contributed by atoms with Crippen LogP contribution in [0.25, 0.3) is 0 Å². The van der Waals surface area contributed by atoms with Gasteiger partial charge in [0.2, 0.25) is 5.91 Å². The van der Waals surface area contributed by atoms with E-state index in [0.29, 0.717) is 10.8 Å². The van der Waals surface area contributed by atoms with E-state index in [0.717, 1.165) is 17.3 Å². The van der Waals surface area contributed by atoms with Gasteiger partial charge in [-0.1, -0.05) is 35.5 Å². The number of anilines is 1. The van der Waals surface area contributed by atoms with Crippen molar-refractivity contribution >= 4 is 38.9 Å². The van der Waals surface area contributed by atoms with Crippen LogP contribution in [0.1, 0.15) is 11.4 Å². The quantitative estimate of drug-likeness (QED) is 0.307. The molecule has 0 atom stereocenters. The van der Waals surface area contributed by atoms with Crippen LogP contribution < -0.4 is 5.32 Å². The third-order valence-corrected chi connectivity index (χ3v) is 6.95. The van der Waals surface area contributed by atoms with Crippen LogP contribution in [0.5, 0.6) is 0 Å². The van der Waals surface area contributed by atoms with E-state index in [1.165, 1.54) is 22.8 Å². The minimum Gasteiger partial charge on any atom is -0.325 e. The van der Waals surface area contributed by atoms with E-state index >= 15 is 0 Å². The molecule has 2 aromatic carbocycles. The lowest BCUT2D eigenvalue weighted by Crippen LogP contribution is -2.15. The van der Waals surface area contributed by atoms with E-state index in [9.17, 15) is 23.3 Å². The number of aromatic nitrogens is 3. The zero-order valence-corrected chi connectivity index (χ0v) is 18.3. The molecule has 162 valence electrons. The average molecular weight is 462 g/mol. The highest BCUT2D eigenvalue weighted by Crippen LogP contribution is 2.21. The molecule has 0 radical (unpaired) electrons. The number of nitro benzene ring substituents is 1. The summed E-state index contributed by atoms with van der Waals surface area (Å²) in [5.74, 6) is -0.483. The van der Waals surface area contributed by atoms with Crippen molar-refractivity contribution < 1.29 is 18.1 Å². The number of carbonyl (C=O) groups excluding carboxylic acids is 1. The van der Waals surface area contributed by atoms with E-state index in [1.807, 2.05) is 6.92 Å². The van der Waals surface area contributed by atoms with Gasteiger partial charge in [-0.15, -0.1) is 10.2 Å². The number of amides is 1. The monoisotopic (exact) mass is 461 g/mol. The molecular formula is C19H19N5O5S2. The van der Waals surface area contributed by atoms with Crippen LogP contribution in [0.4, 0.5) is 11.4 Å².